The highest BCUT2D eigenvalue weighted by molar-refractivity contribution is 5.78. The number of rotatable bonds is 6. The van der Waals surface area contributed by atoms with E-state index in [1.807, 2.05) is 0 Å². The minimum atomic E-state index is -0.540. The number of hydrogen-bond donors (Lipinski definition) is 3. The van der Waals surface area contributed by atoms with Gasteiger partial charge in [0.05, 0.1) is 12.5 Å². The standard InChI is InChI=1S/C17H26N2O3/c1-13-5-7-19(8-6-13)12-16(21)11-18-17(22)10-14-3-2-4-15(20)9-14/h2-4,9,13,16,20-21H,5-8,10-12H2,1H3,(H,18,22)/t16-/m0/s1. The van der Waals surface area contributed by atoms with Crippen LogP contribution in [0.15, 0.2) is 24.3 Å². The van der Waals surface area contributed by atoms with E-state index in [4.69, 9.17) is 0 Å². The number of benzene rings is 1. The Kier molecular flexibility index (Phi) is 6.21. The van der Waals surface area contributed by atoms with Crippen molar-refractivity contribution in [2.45, 2.75) is 32.3 Å². The van der Waals surface area contributed by atoms with E-state index in [9.17, 15) is 15.0 Å². The molecule has 0 saturated carbocycles. The van der Waals surface area contributed by atoms with Crippen molar-refractivity contribution in [1.82, 2.24) is 10.2 Å². The number of amides is 1. The predicted octanol–water partition coefficient (Wildman–Crippen LogP) is 1.14. The molecule has 22 heavy (non-hydrogen) atoms. The first-order valence-electron chi connectivity index (χ1n) is 7.98. The molecule has 1 aliphatic rings. The van der Waals surface area contributed by atoms with E-state index in [-0.39, 0.29) is 24.6 Å². The van der Waals surface area contributed by atoms with Crippen molar-refractivity contribution < 1.29 is 15.0 Å². The SMILES string of the molecule is CC1CCN(C[C@@H](O)CNC(=O)Cc2cccc(O)c2)CC1. The van der Waals surface area contributed by atoms with Crippen LogP contribution in [0.3, 0.4) is 0 Å². The lowest BCUT2D eigenvalue weighted by Gasteiger charge is -2.31. The van der Waals surface area contributed by atoms with Gasteiger partial charge < -0.3 is 20.4 Å². The third kappa shape index (κ3) is 5.66. The molecule has 0 aromatic heterocycles. The van der Waals surface area contributed by atoms with Crippen LogP contribution >= 0.6 is 0 Å². The second-order valence-electron chi connectivity index (χ2n) is 6.29. The summed E-state index contributed by atoms with van der Waals surface area (Å²) < 4.78 is 0. The van der Waals surface area contributed by atoms with Crippen LogP contribution in [-0.2, 0) is 11.2 Å². The first-order valence-corrected chi connectivity index (χ1v) is 7.98. The molecular formula is C17H26N2O3. The average molecular weight is 306 g/mol. The second kappa shape index (κ2) is 8.15. The minimum Gasteiger partial charge on any atom is -0.508 e. The van der Waals surface area contributed by atoms with Crippen molar-refractivity contribution in [3.63, 3.8) is 0 Å². The zero-order valence-corrected chi connectivity index (χ0v) is 13.2. The van der Waals surface area contributed by atoms with Crippen molar-refractivity contribution in [2.24, 2.45) is 5.92 Å². The second-order valence-corrected chi connectivity index (χ2v) is 6.29. The summed E-state index contributed by atoms with van der Waals surface area (Å²) in [7, 11) is 0. The number of phenolic OH excluding ortho intramolecular Hbond substituents is 1. The summed E-state index contributed by atoms with van der Waals surface area (Å²) in [6, 6.07) is 6.66. The fourth-order valence-corrected chi connectivity index (χ4v) is 2.75. The lowest BCUT2D eigenvalue weighted by Crippen LogP contribution is -2.43. The summed E-state index contributed by atoms with van der Waals surface area (Å²) in [4.78, 5) is 14.1. The Balaban J connectivity index is 1.67. The van der Waals surface area contributed by atoms with Crippen molar-refractivity contribution in [2.75, 3.05) is 26.2 Å². The molecule has 3 N–H and O–H groups in total. The largest absolute Gasteiger partial charge is 0.508 e. The highest BCUT2D eigenvalue weighted by Gasteiger charge is 2.18. The van der Waals surface area contributed by atoms with Crippen molar-refractivity contribution in [1.29, 1.82) is 0 Å². The van der Waals surface area contributed by atoms with Gasteiger partial charge in [0, 0.05) is 13.1 Å². The molecule has 1 aromatic carbocycles. The summed E-state index contributed by atoms with van der Waals surface area (Å²) in [6.07, 6.45) is 2.02. The van der Waals surface area contributed by atoms with Gasteiger partial charge in [0.25, 0.3) is 0 Å². The van der Waals surface area contributed by atoms with Crippen LogP contribution in [0.25, 0.3) is 0 Å². The van der Waals surface area contributed by atoms with Crippen LogP contribution in [-0.4, -0.2) is 53.3 Å². The molecule has 5 nitrogen and oxygen atoms in total. The zero-order valence-electron chi connectivity index (χ0n) is 13.2. The van der Waals surface area contributed by atoms with Crippen LogP contribution in [0, 0.1) is 5.92 Å². The van der Waals surface area contributed by atoms with Crippen molar-refractivity contribution in [3.8, 4) is 5.75 Å². The molecule has 2 rings (SSSR count). The summed E-state index contributed by atoms with van der Waals surface area (Å²) in [5, 5.41) is 22.1. The van der Waals surface area contributed by atoms with Gasteiger partial charge in [-0.1, -0.05) is 19.1 Å². The Morgan fingerprint density at radius 1 is 1.41 bits per heavy atom. The Bertz CT molecular complexity index is 485. The molecule has 0 bridgehead atoms. The normalized spacial score (nSPS) is 18.1. The van der Waals surface area contributed by atoms with Crippen molar-refractivity contribution in [3.05, 3.63) is 29.8 Å². The Hall–Kier alpha value is -1.59. The van der Waals surface area contributed by atoms with E-state index in [1.165, 1.54) is 12.8 Å². The maximum atomic E-state index is 11.8. The van der Waals surface area contributed by atoms with Gasteiger partial charge in [-0.3, -0.25) is 4.79 Å². The lowest BCUT2D eigenvalue weighted by atomic mass is 9.99. The Morgan fingerprint density at radius 2 is 2.14 bits per heavy atom. The lowest BCUT2D eigenvalue weighted by molar-refractivity contribution is -0.121. The zero-order chi connectivity index (χ0) is 15.9. The first-order chi connectivity index (χ1) is 10.5. The molecular weight excluding hydrogens is 280 g/mol. The van der Waals surface area contributed by atoms with Gasteiger partial charge in [0.2, 0.25) is 5.91 Å². The molecule has 122 valence electrons. The number of likely N-dealkylation sites (tertiary alicyclic amines) is 1. The van der Waals surface area contributed by atoms with E-state index >= 15 is 0 Å². The summed E-state index contributed by atoms with van der Waals surface area (Å²) in [6.45, 7) is 5.18. The van der Waals surface area contributed by atoms with E-state index in [0.717, 1.165) is 24.6 Å². The quantitative estimate of drug-likeness (QED) is 0.737. The Labute approximate surface area is 131 Å². The van der Waals surface area contributed by atoms with E-state index in [2.05, 4.69) is 17.1 Å². The monoisotopic (exact) mass is 306 g/mol. The van der Waals surface area contributed by atoms with Crippen LogP contribution in [0.1, 0.15) is 25.3 Å². The number of aromatic hydroxyl groups is 1. The molecule has 1 atom stereocenters. The summed E-state index contributed by atoms with van der Waals surface area (Å²) >= 11 is 0. The number of hydrogen-bond acceptors (Lipinski definition) is 4. The highest BCUT2D eigenvalue weighted by Crippen LogP contribution is 2.16. The number of piperidine rings is 1. The number of aliphatic hydroxyl groups excluding tert-OH is 1. The van der Waals surface area contributed by atoms with Gasteiger partial charge in [-0.15, -0.1) is 0 Å². The third-order valence-electron chi connectivity index (χ3n) is 4.16. The number of nitrogens with zero attached hydrogens (tertiary/aromatic N) is 1. The molecule has 0 unspecified atom stereocenters. The minimum absolute atomic E-state index is 0.142. The van der Waals surface area contributed by atoms with E-state index in [0.29, 0.717) is 6.54 Å². The third-order valence-corrected chi connectivity index (χ3v) is 4.16. The number of carbonyl (C=O) groups excluding carboxylic acids is 1. The maximum absolute atomic E-state index is 11.8. The van der Waals surface area contributed by atoms with Gasteiger partial charge in [0.15, 0.2) is 0 Å². The maximum Gasteiger partial charge on any atom is 0.224 e. The topological polar surface area (TPSA) is 72.8 Å². The smallest absolute Gasteiger partial charge is 0.224 e. The van der Waals surface area contributed by atoms with E-state index in [1.54, 1.807) is 24.3 Å². The van der Waals surface area contributed by atoms with Gasteiger partial charge in [0.1, 0.15) is 5.75 Å². The molecule has 1 saturated heterocycles. The van der Waals surface area contributed by atoms with Crippen LogP contribution in [0.2, 0.25) is 0 Å². The summed E-state index contributed by atoms with van der Waals surface area (Å²) in [5.74, 6) is 0.789. The number of phenols is 1. The molecule has 1 aliphatic heterocycles. The van der Waals surface area contributed by atoms with Gasteiger partial charge >= 0.3 is 0 Å². The van der Waals surface area contributed by atoms with E-state index < -0.39 is 6.10 Å². The Morgan fingerprint density at radius 3 is 2.82 bits per heavy atom. The van der Waals surface area contributed by atoms with Gasteiger partial charge in [-0.05, 0) is 49.5 Å². The predicted molar refractivity (Wildman–Crippen MR) is 85.7 cm³/mol. The van der Waals surface area contributed by atoms with Gasteiger partial charge in [-0.25, -0.2) is 0 Å². The van der Waals surface area contributed by atoms with Crippen LogP contribution in [0.4, 0.5) is 0 Å². The number of nitrogens with one attached hydrogen (secondary N) is 1. The number of carbonyl (C=O) groups is 1. The molecule has 1 aromatic rings. The number of aliphatic hydroxyl groups is 1. The molecule has 1 amide bonds. The fourth-order valence-electron chi connectivity index (χ4n) is 2.75. The fraction of sp³-hybridized carbons (Fsp3) is 0.588. The highest BCUT2D eigenvalue weighted by atomic mass is 16.3. The molecule has 5 heteroatoms. The summed E-state index contributed by atoms with van der Waals surface area (Å²) in [5.41, 5.74) is 0.761. The average Bonchev–Trinajstić information content (AvgIpc) is 2.48. The van der Waals surface area contributed by atoms with Crippen LogP contribution in [0.5, 0.6) is 5.75 Å². The van der Waals surface area contributed by atoms with Gasteiger partial charge in [-0.2, -0.15) is 0 Å². The number of β-amino-alcohol motifs (C(OH)–C–C–N with tert-alkyl or cyclic N) is 1. The molecule has 0 radical (unpaired) electrons. The molecule has 1 heterocycles. The first kappa shape index (κ1) is 16.8. The van der Waals surface area contributed by atoms with Crippen molar-refractivity contribution >= 4 is 5.91 Å². The molecule has 0 spiro atoms. The molecule has 1 fully saturated rings. The molecule has 0 aliphatic carbocycles. The van der Waals surface area contributed by atoms with Crippen LogP contribution < -0.4 is 5.32 Å².